The molecule has 2 aromatic heterocycles. The van der Waals surface area contributed by atoms with Gasteiger partial charge in [0.15, 0.2) is 0 Å². The standard InChI is InChI=1S/C16H20N4O3/c17-13(21)12(9-10-5-2-1-3-6-10)20-15(22)11-7-4-8-18-14(11)19-16(20)23/h4,7-8,10,12H,1-3,5-6,9H2,(H2,17,21)(H,18,19,23). The van der Waals surface area contributed by atoms with Crippen LogP contribution in [0.2, 0.25) is 0 Å². The maximum Gasteiger partial charge on any atom is 0.330 e. The first-order valence-corrected chi connectivity index (χ1v) is 7.97. The number of rotatable bonds is 4. The van der Waals surface area contributed by atoms with Crippen LogP contribution in [0.25, 0.3) is 11.0 Å². The lowest BCUT2D eigenvalue weighted by Crippen LogP contribution is -2.44. The molecule has 7 heteroatoms. The number of nitrogens with one attached hydrogen (secondary N) is 1. The van der Waals surface area contributed by atoms with Crippen LogP contribution in [0.3, 0.4) is 0 Å². The molecule has 7 nitrogen and oxygen atoms in total. The molecule has 1 atom stereocenters. The number of nitrogens with zero attached hydrogens (tertiary/aromatic N) is 2. The molecular formula is C16H20N4O3. The number of fused-ring (bicyclic) bond motifs is 1. The molecule has 1 aliphatic rings. The minimum Gasteiger partial charge on any atom is -0.368 e. The van der Waals surface area contributed by atoms with Crippen LogP contribution in [-0.4, -0.2) is 20.4 Å². The van der Waals surface area contributed by atoms with E-state index < -0.39 is 23.2 Å². The fraction of sp³-hybridized carbons (Fsp3) is 0.500. The third-order valence-electron chi connectivity index (χ3n) is 4.62. The highest BCUT2D eigenvalue weighted by molar-refractivity contribution is 5.79. The highest BCUT2D eigenvalue weighted by Crippen LogP contribution is 2.30. The molecule has 0 spiro atoms. The number of primary amides is 1. The first-order valence-electron chi connectivity index (χ1n) is 7.97. The number of carbonyl (C=O) groups is 1. The number of hydrogen-bond acceptors (Lipinski definition) is 4. The van der Waals surface area contributed by atoms with Crippen molar-refractivity contribution in [3.63, 3.8) is 0 Å². The summed E-state index contributed by atoms with van der Waals surface area (Å²) in [6.45, 7) is 0. The van der Waals surface area contributed by atoms with Gasteiger partial charge in [0.05, 0.1) is 5.39 Å². The Morgan fingerprint density at radius 1 is 1.35 bits per heavy atom. The maximum atomic E-state index is 12.6. The Bertz CT molecular complexity index is 833. The van der Waals surface area contributed by atoms with E-state index in [2.05, 4.69) is 9.97 Å². The van der Waals surface area contributed by atoms with Crippen LogP contribution in [0.1, 0.15) is 44.6 Å². The monoisotopic (exact) mass is 316 g/mol. The molecule has 1 saturated carbocycles. The fourth-order valence-corrected chi connectivity index (χ4v) is 3.43. The molecule has 1 unspecified atom stereocenters. The molecule has 1 fully saturated rings. The summed E-state index contributed by atoms with van der Waals surface area (Å²) in [5.41, 5.74) is 4.57. The van der Waals surface area contributed by atoms with Gasteiger partial charge in [-0.05, 0) is 24.5 Å². The lowest BCUT2D eigenvalue weighted by Gasteiger charge is -2.25. The van der Waals surface area contributed by atoms with Crippen molar-refractivity contribution < 1.29 is 4.79 Å². The van der Waals surface area contributed by atoms with Crippen molar-refractivity contribution in [1.82, 2.24) is 14.5 Å². The Balaban J connectivity index is 2.05. The van der Waals surface area contributed by atoms with Gasteiger partial charge in [0, 0.05) is 6.20 Å². The van der Waals surface area contributed by atoms with Gasteiger partial charge >= 0.3 is 5.69 Å². The number of nitrogens with two attached hydrogens (primary N) is 1. The van der Waals surface area contributed by atoms with Crippen LogP contribution >= 0.6 is 0 Å². The number of pyridine rings is 1. The Morgan fingerprint density at radius 3 is 2.78 bits per heavy atom. The molecule has 122 valence electrons. The molecule has 0 aromatic carbocycles. The number of H-pyrrole nitrogens is 1. The van der Waals surface area contributed by atoms with Crippen molar-refractivity contribution in [1.29, 1.82) is 0 Å². The molecule has 2 aromatic rings. The van der Waals surface area contributed by atoms with E-state index in [9.17, 15) is 14.4 Å². The third kappa shape index (κ3) is 3.04. The molecule has 2 heterocycles. The summed E-state index contributed by atoms with van der Waals surface area (Å²) in [4.78, 5) is 43.4. The Morgan fingerprint density at radius 2 is 2.09 bits per heavy atom. The summed E-state index contributed by atoms with van der Waals surface area (Å²) in [5.74, 6) is -0.330. The second kappa shape index (κ2) is 6.36. The summed E-state index contributed by atoms with van der Waals surface area (Å²) in [6, 6.07) is 2.28. The van der Waals surface area contributed by atoms with E-state index in [1.807, 2.05) is 0 Å². The highest BCUT2D eigenvalue weighted by Gasteiger charge is 2.27. The average Bonchev–Trinajstić information content (AvgIpc) is 2.54. The second-order valence-corrected chi connectivity index (χ2v) is 6.16. The van der Waals surface area contributed by atoms with Crippen molar-refractivity contribution in [2.75, 3.05) is 0 Å². The van der Waals surface area contributed by atoms with E-state index >= 15 is 0 Å². The van der Waals surface area contributed by atoms with E-state index in [-0.39, 0.29) is 11.0 Å². The zero-order valence-corrected chi connectivity index (χ0v) is 12.8. The van der Waals surface area contributed by atoms with Crippen molar-refractivity contribution in [3.05, 3.63) is 39.2 Å². The SMILES string of the molecule is NC(=O)C(CC1CCCCC1)n1c(=O)[nH]c2ncccc2c1=O. The zero-order chi connectivity index (χ0) is 16.4. The van der Waals surface area contributed by atoms with E-state index in [4.69, 9.17) is 5.73 Å². The van der Waals surface area contributed by atoms with E-state index in [0.717, 1.165) is 30.3 Å². The Hall–Kier alpha value is -2.44. The molecule has 3 N–H and O–H groups in total. The minimum atomic E-state index is -0.918. The first-order chi connectivity index (χ1) is 11.1. The van der Waals surface area contributed by atoms with Gasteiger partial charge in [0.25, 0.3) is 5.56 Å². The molecular weight excluding hydrogens is 296 g/mol. The van der Waals surface area contributed by atoms with Crippen LogP contribution in [0.15, 0.2) is 27.9 Å². The Kier molecular flexibility index (Phi) is 4.27. The quantitative estimate of drug-likeness (QED) is 0.879. The van der Waals surface area contributed by atoms with Gasteiger partial charge in [-0.15, -0.1) is 0 Å². The van der Waals surface area contributed by atoms with Crippen LogP contribution < -0.4 is 17.0 Å². The second-order valence-electron chi connectivity index (χ2n) is 6.16. The molecule has 1 amide bonds. The van der Waals surface area contributed by atoms with E-state index in [0.29, 0.717) is 12.3 Å². The molecule has 1 aliphatic carbocycles. The average molecular weight is 316 g/mol. The van der Waals surface area contributed by atoms with Crippen LogP contribution in [0.5, 0.6) is 0 Å². The number of aromatic amines is 1. The summed E-state index contributed by atoms with van der Waals surface area (Å²) in [5, 5.41) is 0.280. The molecule has 0 bridgehead atoms. The van der Waals surface area contributed by atoms with Crippen LogP contribution in [0.4, 0.5) is 0 Å². The van der Waals surface area contributed by atoms with Crippen LogP contribution in [0, 0.1) is 5.92 Å². The van der Waals surface area contributed by atoms with Gasteiger partial charge in [-0.1, -0.05) is 32.1 Å². The van der Waals surface area contributed by atoms with Gasteiger partial charge in [-0.3, -0.25) is 14.6 Å². The van der Waals surface area contributed by atoms with Crippen molar-refractivity contribution in [2.45, 2.75) is 44.6 Å². The van der Waals surface area contributed by atoms with E-state index in [1.165, 1.54) is 12.6 Å². The van der Waals surface area contributed by atoms with Crippen molar-refractivity contribution in [2.24, 2.45) is 11.7 Å². The number of carbonyl (C=O) groups excluding carboxylic acids is 1. The molecule has 23 heavy (non-hydrogen) atoms. The molecule has 3 rings (SSSR count). The van der Waals surface area contributed by atoms with Gasteiger partial charge < -0.3 is 5.73 Å². The van der Waals surface area contributed by atoms with E-state index in [1.54, 1.807) is 12.1 Å². The fourth-order valence-electron chi connectivity index (χ4n) is 3.43. The predicted octanol–water partition coefficient (Wildman–Crippen LogP) is 1.08. The largest absolute Gasteiger partial charge is 0.368 e. The molecule has 0 radical (unpaired) electrons. The lowest BCUT2D eigenvalue weighted by molar-refractivity contribution is -0.121. The third-order valence-corrected chi connectivity index (χ3v) is 4.62. The topological polar surface area (TPSA) is 111 Å². The minimum absolute atomic E-state index is 0.222. The predicted molar refractivity (Wildman–Crippen MR) is 86.0 cm³/mol. The van der Waals surface area contributed by atoms with Gasteiger partial charge in [-0.25, -0.2) is 14.3 Å². The smallest absolute Gasteiger partial charge is 0.330 e. The van der Waals surface area contributed by atoms with Crippen molar-refractivity contribution >= 4 is 16.9 Å². The number of hydrogen-bond donors (Lipinski definition) is 2. The van der Waals surface area contributed by atoms with Crippen LogP contribution in [-0.2, 0) is 4.79 Å². The molecule has 0 aliphatic heterocycles. The van der Waals surface area contributed by atoms with Gasteiger partial charge in [0.2, 0.25) is 5.91 Å². The summed E-state index contributed by atoms with van der Waals surface area (Å²) in [6.07, 6.45) is 7.36. The number of aromatic nitrogens is 3. The highest BCUT2D eigenvalue weighted by atomic mass is 16.2. The van der Waals surface area contributed by atoms with Gasteiger partial charge in [0.1, 0.15) is 11.7 Å². The zero-order valence-electron chi connectivity index (χ0n) is 12.8. The first kappa shape index (κ1) is 15.5. The summed E-state index contributed by atoms with van der Waals surface area (Å²) < 4.78 is 0.959. The van der Waals surface area contributed by atoms with Gasteiger partial charge in [-0.2, -0.15) is 0 Å². The molecule has 0 saturated heterocycles. The number of amides is 1. The van der Waals surface area contributed by atoms with Crippen molar-refractivity contribution in [3.8, 4) is 0 Å². The normalized spacial score (nSPS) is 17.2. The summed E-state index contributed by atoms with van der Waals surface area (Å²) >= 11 is 0. The maximum absolute atomic E-state index is 12.6. The summed E-state index contributed by atoms with van der Waals surface area (Å²) in [7, 11) is 0. The lowest BCUT2D eigenvalue weighted by atomic mass is 9.84. The Labute approximate surface area is 132 Å².